The fourth-order valence-electron chi connectivity index (χ4n) is 4.43. The number of carbonyl (C=O) groups is 3. The molecule has 0 spiro atoms. The molecular weight excluding hydrogens is 555 g/mol. The predicted octanol–water partition coefficient (Wildman–Crippen LogP) is 3.12. The Morgan fingerprint density at radius 2 is 1.68 bits per heavy atom. The molecule has 3 aromatic rings. The summed E-state index contributed by atoms with van der Waals surface area (Å²) in [5.74, 6) is -5.21. The summed E-state index contributed by atoms with van der Waals surface area (Å²) in [7, 11) is 0. The van der Waals surface area contributed by atoms with Gasteiger partial charge in [0.1, 0.15) is 18.2 Å². The van der Waals surface area contributed by atoms with Crippen molar-refractivity contribution in [3.05, 3.63) is 92.4 Å². The molecule has 41 heavy (non-hydrogen) atoms. The lowest BCUT2D eigenvalue weighted by molar-refractivity contribution is -0.202. The maximum absolute atomic E-state index is 14.8. The third kappa shape index (κ3) is 6.10. The van der Waals surface area contributed by atoms with Crippen LogP contribution < -0.4 is 15.3 Å². The van der Waals surface area contributed by atoms with Crippen molar-refractivity contribution in [2.75, 3.05) is 18.0 Å². The van der Waals surface area contributed by atoms with Gasteiger partial charge in [0.05, 0.1) is 17.3 Å². The van der Waals surface area contributed by atoms with Gasteiger partial charge < -0.3 is 14.6 Å². The maximum atomic E-state index is 14.8. The Morgan fingerprint density at radius 3 is 2.29 bits per heavy atom. The summed E-state index contributed by atoms with van der Waals surface area (Å²) < 4.78 is 66.1. The van der Waals surface area contributed by atoms with Crippen LogP contribution in [0, 0.1) is 25.5 Å². The zero-order valence-electron chi connectivity index (χ0n) is 22.0. The van der Waals surface area contributed by atoms with Crippen molar-refractivity contribution in [1.29, 1.82) is 0 Å². The van der Waals surface area contributed by atoms with E-state index in [0.717, 1.165) is 6.07 Å². The molecule has 0 radical (unpaired) electrons. The van der Waals surface area contributed by atoms with Crippen LogP contribution in [0.2, 0.25) is 0 Å². The van der Waals surface area contributed by atoms with Gasteiger partial charge in [-0.15, -0.1) is 5.10 Å². The molecule has 0 saturated carbocycles. The number of aromatic nitrogens is 2. The van der Waals surface area contributed by atoms with E-state index in [4.69, 9.17) is 0 Å². The zero-order valence-corrected chi connectivity index (χ0v) is 22.0. The quantitative estimate of drug-likeness (QED) is 0.432. The normalized spacial score (nSPS) is 15.7. The molecule has 0 bridgehead atoms. The highest BCUT2D eigenvalue weighted by molar-refractivity contribution is 6.02. The van der Waals surface area contributed by atoms with Crippen molar-refractivity contribution in [3.8, 4) is 0 Å². The van der Waals surface area contributed by atoms with Crippen molar-refractivity contribution >= 4 is 23.5 Å². The fourth-order valence-corrected chi connectivity index (χ4v) is 4.43. The highest BCUT2D eigenvalue weighted by atomic mass is 19.4. The van der Waals surface area contributed by atoms with Gasteiger partial charge in [-0.3, -0.25) is 14.4 Å². The van der Waals surface area contributed by atoms with Crippen molar-refractivity contribution in [1.82, 2.24) is 14.8 Å². The molecule has 14 heteroatoms. The SMILES string of the molecule is Cc1c(Cc2ccc(F)c(C(=O)N3CC(=O)N(c4ccc(F)cc4)C(C)C3)c2)nn(OC(=O)C(F)(F)F)c(=O)c1C. The number of halogens is 5. The largest absolute Gasteiger partial charge is 0.493 e. The summed E-state index contributed by atoms with van der Waals surface area (Å²) in [5.41, 5.74) is -0.371. The number of rotatable bonds is 5. The number of amides is 2. The summed E-state index contributed by atoms with van der Waals surface area (Å²) >= 11 is 0. The van der Waals surface area contributed by atoms with Crippen LogP contribution in [0.5, 0.6) is 0 Å². The van der Waals surface area contributed by atoms with E-state index in [1.165, 1.54) is 60.0 Å². The lowest BCUT2D eigenvalue weighted by Crippen LogP contribution is -2.57. The summed E-state index contributed by atoms with van der Waals surface area (Å²) in [6.07, 6.45) is -5.53. The highest BCUT2D eigenvalue weighted by Gasteiger charge is 2.42. The number of carbonyl (C=O) groups excluding carboxylic acids is 3. The van der Waals surface area contributed by atoms with E-state index < -0.39 is 47.2 Å². The van der Waals surface area contributed by atoms with Gasteiger partial charge in [0.25, 0.3) is 5.91 Å². The molecule has 1 unspecified atom stereocenters. The number of benzene rings is 2. The molecular formula is C27H23F5N4O5. The first-order valence-electron chi connectivity index (χ1n) is 12.2. The Balaban J connectivity index is 1.58. The minimum atomic E-state index is -5.37. The molecule has 2 amide bonds. The average molecular weight is 578 g/mol. The molecule has 1 aliphatic heterocycles. The van der Waals surface area contributed by atoms with Crippen LogP contribution in [0.15, 0.2) is 47.3 Å². The van der Waals surface area contributed by atoms with Crippen LogP contribution in [0.3, 0.4) is 0 Å². The molecule has 1 aliphatic rings. The molecule has 2 aromatic carbocycles. The van der Waals surface area contributed by atoms with Gasteiger partial charge in [-0.05, 0) is 73.1 Å². The van der Waals surface area contributed by atoms with E-state index in [1.54, 1.807) is 6.92 Å². The van der Waals surface area contributed by atoms with Crippen LogP contribution in [0.1, 0.15) is 39.7 Å². The number of piperazine rings is 1. The van der Waals surface area contributed by atoms with E-state index in [0.29, 0.717) is 16.8 Å². The van der Waals surface area contributed by atoms with Gasteiger partial charge >= 0.3 is 17.7 Å². The molecule has 1 atom stereocenters. The van der Waals surface area contributed by atoms with Crippen LogP contribution in [0.4, 0.5) is 27.6 Å². The number of alkyl halides is 3. The average Bonchev–Trinajstić information content (AvgIpc) is 2.90. The minimum Gasteiger partial charge on any atom is -0.327 e. The summed E-state index contributed by atoms with van der Waals surface area (Å²) in [6.45, 7) is 4.17. The number of hydrogen-bond acceptors (Lipinski definition) is 6. The lowest BCUT2D eigenvalue weighted by atomic mass is 10.0. The van der Waals surface area contributed by atoms with Gasteiger partial charge in [-0.2, -0.15) is 13.2 Å². The lowest BCUT2D eigenvalue weighted by Gasteiger charge is -2.39. The third-order valence-electron chi connectivity index (χ3n) is 6.65. The summed E-state index contributed by atoms with van der Waals surface area (Å²) in [4.78, 5) is 56.4. The predicted molar refractivity (Wildman–Crippen MR) is 134 cm³/mol. The molecule has 9 nitrogen and oxygen atoms in total. The minimum absolute atomic E-state index is 0.0325. The first kappa shape index (κ1) is 29.4. The third-order valence-corrected chi connectivity index (χ3v) is 6.65. The van der Waals surface area contributed by atoms with E-state index in [-0.39, 0.29) is 41.2 Å². The van der Waals surface area contributed by atoms with Crippen LogP contribution >= 0.6 is 0 Å². The van der Waals surface area contributed by atoms with Crippen LogP contribution in [-0.4, -0.2) is 57.9 Å². The van der Waals surface area contributed by atoms with E-state index in [2.05, 4.69) is 9.94 Å². The second-order valence-corrected chi connectivity index (χ2v) is 9.52. The molecule has 1 saturated heterocycles. The number of hydrogen-bond donors (Lipinski definition) is 0. The van der Waals surface area contributed by atoms with Gasteiger partial charge in [0.15, 0.2) is 0 Å². The topological polar surface area (TPSA) is 102 Å². The van der Waals surface area contributed by atoms with Crippen LogP contribution in [-0.2, 0) is 16.0 Å². The molecule has 2 heterocycles. The molecule has 1 fully saturated rings. The smallest absolute Gasteiger partial charge is 0.327 e. The zero-order chi connectivity index (χ0) is 30.2. The Labute approximate surface area is 229 Å². The van der Waals surface area contributed by atoms with E-state index in [1.807, 2.05) is 0 Å². The number of nitrogens with zero attached hydrogens (tertiary/aromatic N) is 4. The molecule has 4 rings (SSSR count). The van der Waals surface area contributed by atoms with E-state index in [9.17, 15) is 41.1 Å². The van der Waals surface area contributed by atoms with Gasteiger partial charge in [0.2, 0.25) is 5.91 Å². The summed E-state index contributed by atoms with van der Waals surface area (Å²) in [6, 6.07) is 8.34. The standard InChI is InChI=1S/C27H23F5N4O5/c1-14-12-34(13-23(37)35(14)19-7-5-18(28)6-8-19)25(39)20-10-17(4-9-21(20)29)11-22-15(2)16(3)24(38)36(33-22)41-26(40)27(30,31)32/h4-10,14H,11-13H2,1-3H3. The van der Waals surface area contributed by atoms with Crippen molar-refractivity contribution < 1.29 is 41.2 Å². The Kier molecular flexibility index (Phi) is 7.95. The fraction of sp³-hybridized carbons (Fsp3) is 0.296. The van der Waals surface area contributed by atoms with Gasteiger partial charge in [-0.25, -0.2) is 13.6 Å². The van der Waals surface area contributed by atoms with Crippen molar-refractivity contribution in [2.45, 2.75) is 39.4 Å². The van der Waals surface area contributed by atoms with Gasteiger partial charge in [-0.1, -0.05) is 6.07 Å². The highest BCUT2D eigenvalue weighted by Crippen LogP contribution is 2.24. The number of anilines is 1. The Morgan fingerprint density at radius 1 is 1.02 bits per heavy atom. The Hall–Kier alpha value is -4.62. The molecule has 0 N–H and O–H groups in total. The van der Waals surface area contributed by atoms with Crippen LogP contribution in [0.25, 0.3) is 0 Å². The first-order chi connectivity index (χ1) is 19.2. The second-order valence-electron chi connectivity index (χ2n) is 9.52. The van der Waals surface area contributed by atoms with E-state index >= 15 is 0 Å². The second kappa shape index (κ2) is 11.1. The molecule has 216 valence electrons. The Bertz CT molecular complexity index is 1590. The maximum Gasteiger partial charge on any atom is 0.493 e. The van der Waals surface area contributed by atoms with Crippen molar-refractivity contribution in [2.24, 2.45) is 0 Å². The molecule has 0 aliphatic carbocycles. The summed E-state index contributed by atoms with van der Waals surface area (Å²) in [5, 5.41) is 3.73. The first-order valence-corrected chi connectivity index (χ1v) is 12.2. The molecule has 1 aromatic heterocycles. The monoisotopic (exact) mass is 578 g/mol. The van der Waals surface area contributed by atoms with Gasteiger partial charge in [0, 0.05) is 24.2 Å². The van der Waals surface area contributed by atoms with Crippen molar-refractivity contribution in [3.63, 3.8) is 0 Å².